The second-order valence-electron chi connectivity index (χ2n) is 10.7. The van der Waals surface area contributed by atoms with Crippen LogP contribution in [0.1, 0.15) is 18.4 Å². The number of rotatable bonds is 8. The molecule has 3 aliphatic rings. The van der Waals surface area contributed by atoms with Crippen LogP contribution < -0.4 is 4.74 Å². The van der Waals surface area contributed by atoms with E-state index in [1.165, 1.54) is 24.3 Å². The number of fused-ring (bicyclic) bond motifs is 3. The minimum Gasteiger partial charge on any atom is -0.490 e. The van der Waals surface area contributed by atoms with Crippen LogP contribution in [0.3, 0.4) is 0 Å². The van der Waals surface area contributed by atoms with Crippen LogP contribution in [0.15, 0.2) is 41.3 Å². The van der Waals surface area contributed by atoms with E-state index in [0.717, 1.165) is 38.3 Å². The third-order valence-electron chi connectivity index (χ3n) is 8.37. The van der Waals surface area contributed by atoms with Crippen LogP contribution in [0.4, 0.5) is 8.78 Å². The monoisotopic (exact) mass is 618 g/mol. The van der Waals surface area contributed by atoms with Crippen molar-refractivity contribution in [1.82, 2.24) is 9.80 Å². The van der Waals surface area contributed by atoms with Gasteiger partial charge >= 0.3 is 0 Å². The molecule has 13 heteroatoms. The first-order chi connectivity index (χ1) is 18.9. The highest BCUT2D eigenvalue weighted by molar-refractivity contribution is 7.92. The van der Waals surface area contributed by atoms with Crippen LogP contribution in [-0.2, 0) is 29.2 Å². The first-order valence-corrected chi connectivity index (χ1v) is 17.0. The van der Waals surface area contributed by atoms with E-state index in [1.807, 2.05) is 7.05 Å². The predicted octanol–water partition coefficient (Wildman–Crippen LogP) is 3.14. The summed E-state index contributed by atoms with van der Waals surface area (Å²) >= 11 is 5.99. The van der Waals surface area contributed by atoms with E-state index < -0.39 is 53.8 Å². The number of benzene rings is 2. The highest BCUT2D eigenvalue weighted by Crippen LogP contribution is 2.55. The highest BCUT2D eigenvalue weighted by atomic mass is 35.5. The van der Waals surface area contributed by atoms with Gasteiger partial charge in [0.2, 0.25) is 0 Å². The maximum Gasteiger partial charge on any atom is 0.189 e. The molecule has 2 fully saturated rings. The zero-order chi connectivity index (χ0) is 28.7. The topological polar surface area (TPSA) is 93.2 Å². The number of hydrogen-bond acceptors (Lipinski definition) is 8. The zero-order valence-corrected chi connectivity index (χ0v) is 24.6. The van der Waals surface area contributed by atoms with E-state index in [4.69, 9.17) is 21.1 Å². The fourth-order valence-electron chi connectivity index (χ4n) is 6.07. The molecule has 0 radical (unpaired) electrons. The molecule has 2 saturated heterocycles. The van der Waals surface area contributed by atoms with Crippen molar-refractivity contribution in [3.8, 4) is 5.75 Å². The van der Waals surface area contributed by atoms with E-state index >= 15 is 4.39 Å². The van der Waals surface area contributed by atoms with Crippen LogP contribution in [0.5, 0.6) is 5.75 Å². The van der Waals surface area contributed by atoms with E-state index in [2.05, 4.69) is 9.80 Å². The molecule has 0 bridgehead atoms. The van der Waals surface area contributed by atoms with Gasteiger partial charge in [-0.3, -0.25) is 4.90 Å². The lowest BCUT2D eigenvalue weighted by Gasteiger charge is -2.50. The summed E-state index contributed by atoms with van der Waals surface area (Å²) in [5, 5.41) is 0.323. The van der Waals surface area contributed by atoms with E-state index in [0.29, 0.717) is 11.6 Å². The average Bonchev–Trinajstić information content (AvgIpc) is 2.93. The smallest absolute Gasteiger partial charge is 0.189 e. The second-order valence-corrected chi connectivity index (χ2v) is 15.7. The van der Waals surface area contributed by atoms with Gasteiger partial charge in [-0.25, -0.2) is 25.6 Å². The first-order valence-electron chi connectivity index (χ1n) is 13.3. The molecule has 0 aliphatic carbocycles. The molecule has 2 aromatic carbocycles. The maximum atomic E-state index is 15.5. The lowest BCUT2D eigenvalue weighted by atomic mass is 9.75. The maximum absolute atomic E-state index is 15.5. The van der Waals surface area contributed by atoms with Crippen LogP contribution in [0.25, 0.3) is 0 Å². The Hall–Kier alpha value is -1.83. The summed E-state index contributed by atoms with van der Waals surface area (Å²) in [7, 11) is -5.82. The predicted molar refractivity (Wildman–Crippen MR) is 147 cm³/mol. The highest BCUT2D eigenvalue weighted by Gasteiger charge is 2.61. The number of hydrogen-bond donors (Lipinski definition) is 0. The van der Waals surface area contributed by atoms with Crippen molar-refractivity contribution in [3.63, 3.8) is 0 Å². The van der Waals surface area contributed by atoms with E-state index in [9.17, 15) is 21.2 Å². The van der Waals surface area contributed by atoms with Crippen LogP contribution in [-0.4, -0.2) is 97.2 Å². The standard InChI is InChI=1S/C27H33ClF2N2O6S2/c1-31-10-12-32(13-11-31)14-17-39(33,34)16-8-24-21-18-38-26-23(30)7-6-22(29)25(26)27(21,9-15-37-24)40(35,36)20-4-2-19(28)3-5-20/h2-7,21,24H,8-18H2,1H3/t21-,24-,27-/m0/s1. The van der Waals surface area contributed by atoms with Gasteiger partial charge in [0, 0.05) is 50.3 Å². The molecule has 8 nitrogen and oxygen atoms in total. The minimum absolute atomic E-state index is 0.00323. The fourth-order valence-corrected chi connectivity index (χ4v) is 9.87. The van der Waals surface area contributed by atoms with Crippen molar-refractivity contribution in [2.45, 2.75) is 28.6 Å². The average molecular weight is 619 g/mol. The third kappa shape index (κ3) is 5.50. The fraction of sp³-hybridized carbons (Fsp3) is 0.556. The molecular formula is C27H33ClF2N2O6S2. The SMILES string of the molecule is CN1CCN(CCS(=O)(=O)CC[C@@H]2OCC[C@@]3(S(=O)(=O)c4ccc(Cl)cc4)c4c(F)ccc(F)c4OC[C@@H]23)CC1. The molecule has 0 spiro atoms. The molecule has 5 rings (SSSR count). The van der Waals surface area contributed by atoms with Crippen LogP contribution >= 0.6 is 11.6 Å². The molecule has 0 unspecified atom stereocenters. The number of piperazine rings is 1. The number of halogens is 3. The molecule has 3 aliphatic heterocycles. The van der Waals surface area contributed by atoms with Gasteiger partial charge in [-0.15, -0.1) is 0 Å². The lowest BCUT2D eigenvalue weighted by molar-refractivity contribution is -0.0732. The van der Waals surface area contributed by atoms with Gasteiger partial charge in [-0.2, -0.15) is 0 Å². The molecule has 220 valence electrons. The molecular weight excluding hydrogens is 586 g/mol. The Morgan fingerprint density at radius 1 is 0.975 bits per heavy atom. The molecule has 40 heavy (non-hydrogen) atoms. The Balaban J connectivity index is 1.45. The van der Waals surface area contributed by atoms with Crippen LogP contribution in [0.2, 0.25) is 5.02 Å². The Labute approximate surface area is 239 Å². The second kappa shape index (κ2) is 11.4. The van der Waals surface area contributed by atoms with Gasteiger partial charge in [-0.05, 0) is 56.3 Å². The summed E-state index contributed by atoms with van der Waals surface area (Å²) in [6.07, 6.45) is -1.01. The zero-order valence-electron chi connectivity index (χ0n) is 22.2. The van der Waals surface area contributed by atoms with Gasteiger partial charge in [0.1, 0.15) is 10.6 Å². The van der Waals surface area contributed by atoms with Crippen molar-refractivity contribution in [1.29, 1.82) is 0 Å². The van der Waals surface area contributed by atoms with Gasteiger partial charge in [-0.1, -0.05) is 11.6 Å². The molecule has 0 saturated carbocycles. The lowest BCUT2D eigenvalue weighted by Crippen LogP contribution is -2.57. The Morgan fingerprint density at radius 2 is 1.65 bits per heavy atom. The summed E-state index contributed by atoms with van der Waals surface area (Å²) < 4.78 is 94.8. The van der Waals surface area contributed by atoms with Gasteiger partial charge in [0.05, 0.1) is 34.7 Å². The number of sulfone groups is 2. The first kappa shape index (κ1) is 29.7. The molecule has 0 N–H and O–H groups in total. The van der Waals surface area contributed by atoms with E-state index in [1.54, 1.807) is 0 Å². The van der Waals surface area contributed by atoms with Crippen molar-refractivity contribution in [2.75, 3.05) is 64.5 Å². The van der Waals surface area contributed by atoms with Crippen molar-refractivity contribution >= 4 is 31.3 Å². The van der Waals surface area contributed by atoms with E-state index in [-0.39, 0.29) is 48.0 Å². The normalized spacial score (nSPS) is 26.1. The summed E-state index contributed by atoms with van der Waals surface area (Å²) in [5.41, 5.74) is -0.370. The van der Waals surface area contributed by atoms with Gasteiger partial charge in [0.15, 0.2) is 31.2 Å². The van der Waals surface area contributed by atoms with Crippen molar-refractivity contribution in [3.05, 3.63) is 58.6 Å². The quantitative estimate of drug-likeness (QED) is 0.446. The molecule has 2 aromatic rings. The third-order valence-corrected chi connectivity index (χ3v) is 12.9. The minimum atomic E-state index is -4.35. The van der Waals surface area contributed by atoms with Crippen molar-refractivity contribution in [2.24, 2.45) is 5.92 Å². The van der Waals surface area contributed by atoms with Crippen molar-refractivity contribution < 1.29 is 35.1 Å². The Bertz CT molecular complexity index is 1450. The molecule has 0 aromatic heterocycles. The molecule has 0 amide bonds. The summed E-state index contributed by atoms with van der Waals surface area (Å²) in [6.45, 7) is 3.41. The summed E-state index contributed by atoms with van der Waals surface area (Å²) in [5.74, 6) is -3.43. The summed E-state index contributed by atoms with van der Waals surface area (Å²) in [4.78, 5) is 4.20. The Morgan fingerprint density at radius 3 is 2.35 bits per heavy atom. The number of likely N-dealkylation sites (N-methyl/N-ethyl adjacent to an activating group) is 1. The van der Waals surface area contributed by atoms with Gasteiger partial charge < -0.3 is 14.4 Å². The van der Waals surface area contributed by atoms with Gasteiger partial charge in [0.25, 0.3) is 0 Å². The largest absolute Gasteiger partial charge is 0.490 e. The Kier molecular flexibility index (Phi) is 8.49. The number of ether oxygens (including phenoxy) is 2. The number of nitrogens with zero attached hydrogens (tertiary/aromatic N) is 2. The molecule has 3 heterocycles. The summed E-state index contributed by atoms with van der Waals surface area (Å²) in [6, 6.07) is 7.32. The van der Waals surface area contributed by atoms with Crippen LogP contribution in [0, 0.1) is 17.6 Å². The molecule has 3 atom stereocenters.